The molecule has 6 nitrogen and oxygen atoms in total. The highest BCUT2D eigenvalue weighted by atomic mass is 35.5. The van der Waals surface area contributed by atoms with Gasteiger partial charge >= 0.3 is 0 Å². The number of sulfonamides is 1. The molecule has 1 spiro atoms. The van der Waals surface area contributed by atoms with Gasteiger partial charge in [0.15, 0.2) is 0 Å². The molecule has 0 saturated heterocycles. The fourth-order valence-electron chi connectivity index (χ4n) is 3.87. The fraction of sp³-hybridized carbons (Fsp3) is 0.368. The van der Waals surface area contributed by atoms with E-state index in [0.717, 1.165) is 48.9 Å². The Morgan fingerprint density at radius 1 is 1.30 bits per heavy atom. The van der Waals surface area contributed by atoms with Gasteiger partial charge in [0.2, 0.25) is 5.91 Å². The Morgan fingerprint density at radius 2 is 2.07 bits per heavy atom. The molecule has 4 rings (SSSR count). The smallest absolute Gasteiger partial charge is 0.263 e. The topological polar surface area (TPSA) is 88.2 Å². The van der Waals surface area contributed by atoms with Gasteiger partial charge in [-0.3, -0.25) is 9.52 Å². The summed E-state index contributed by atoms with van der Waals surface area (Å²) in [6, 6.07) is 6.46. The molecule has 27 heavy (non-hydrogen) atoms. The number of nitrogens with zero attached hydrogens (tertiary/aromatic N) is 1. The molecular formula is C19H20ClN3O3S. The summed E-state index contributed by atoms with van der Waals surface area (Å²) in [4.78, 5) is 16.4. The number of carbonyl (C=O) groups is 1. The standard InChI is InChI=1S/C19H20ClN3O3S/c1-2-4-12-9-13(23-27(25,26)14-5-6-16(20)21-11-14)10-15-17(12)22-18(24)19(15)7-3-8-19/h5-6,9-11,23H,2-4,7-8H2,1H3,(H,22,24). The van der Waals surface area contributed by atoms with Crippen molar-refractivity contribution in [1.29, 1.82) is 0 Å². The number of fused-ring (bicyclic) bond motifs is 2. The molecule has 8 heteroatoms. The summed E-state index contributed by atoms with van der Waals surface area (Å²) in [5.41, 5.74) is 2.70. The molecule has 1 aromatic heterocycles. The third kappa shape index (κ3) is 2.99. The Hall–Kier alpha value is -2.12. The molecule has 1 aromatic carbocycles. The quantitative estimate of drug-likeness (QED) is 0.739. The summed E-state index contributed by atoms with van der Waals surface area (Å²) < 4.78 is 28.1. The van der Waals surface area contributed by atoms with E-state index in [4.69, 9.17) is 11.6 Å². The molecule has 0 bridgehead atoms. The molecule has 0 unspecified atom stereocenters. The van der Waals surface area contributed by atoms with E-state index in [1.807, 2.05) is 0 Å². The lowest BCUT2D eigenvalue weighted by molar-refractivity contribution is -0.123. The maximum atomic E-state index is 12.7. The second-order valence-electron chi connectivity index (χ2n) is 7.12. The highest BCUT2D eigenvalue weighted by Gasteiger charge is 2.51. The first-order chi connectivity index (χ1) is 12.9. The number of hydrogen-bond acceptors (Lipinski definition) is 4. The summed E-state index contributed by atoms with van der Waals surface area (Å²) in [7, 11) is -3.80. The van der Waals surface area contributed by atoms with Gasteiger partial charge in [-0.15, -0.1) is 0 Å². The number of carbonyl (C=O) groups excluding carboxylic acids is 1. The highest BCUT2D eigenvalue weighted by Crippen LogP contribution is 2.53. The van der Waals surface area contributed by atoms with Crippen LogP contribution in [-0.2, 0) is 26.7 Å². The average molecular weight is 406 g/mol. The van der Waals surface area contributed by atoms with Crippen LogP contribution < -0.4 is 10.0 Å². The highest BCUT2D eigenvalue weighted by molar-refractivity contribution is 7.92. The molecule has 0 atom stereocenters. The Kier molecular flexibility index (Phi) is 4.39. The average Bonchev–Trinajstić information content (AvgIpc) is 2.87. The van der Waals surface area contributed by atoms with Gasteiger partial charge in [0, 0.05) is 17.6 Å². The molecule has 2 aliphatic rings. The van der Waals surface area contributed by atoms with Gasteiger partial charge < -0.3 is 5.32 Å². The molecule has 0 radical (unpaired) electrons. The van der Waals surface area contributed by atoms with Gasteiger partial charge in [-0.25, -0.2) is 13.4 Å². The number of aromatic nitrogens is 1. The number of halogens is 1. The van der Waals surface area contributed by atoms with Crippen molar-refractivity contribution in [3.05, 3.63) is 46.7 Å². The summed E-state index contributed by atoms with van der Waals surface area (Å²) in [5, 5.41) is 3.26. The van der Waals surface area contributed by atoms with Gasteiger partial charge in [0.1, 0.15) is 10.0 Å². The molecule has 2 heterocycles. The van der Waals surface area contributed by atoms with E-state index in [2.05, 4.69) is 21.9 Å². The molecule has 1 saturated carbocycles. The zero-order valence-electron chi connectivity index (χ0n) is 14.9. The molecule has 1 amide bonds. The van der Waals surface area contributed by atoms with Crippen LogP contribution in [0.2, 0.25) is 5.15 Å². The van der Waals surface area contributed by atoms with Crippen molar-refractivity contribution < 1.29 is 13.2 Å². The zero-order chi connectivity index (χ0) is 19.2. The number of benzene rings is 1. The Bertz CT molecular complexity index is 1020. The molecule has 1 fully saturated rings. The van der Waals surface area contributed by atoms with Crippen molar-refractivity contribution in [2.24, 2.45) is 0 Å². The van der Waals surface area contributed by atoms with Crippen molar-refractivity contribution in [2.45, 2.75) is 49.3 Å². The first-order valence-corrected chi connectivity index (χ1v) is 10.8. The number of pyridine rings is 1. The van der Waals surface area contributed by atoms with Gasteiger partial charge in [-0.1, -0.05) is 31.4 Å². The van der Waals surface area contributed by atoms with E-state index >= 15 is 0 Å². The minimum absolute atomic E-state index is 0.0306. The summed E-state index contributed by atoms with van der Waals surface area (Å²) in [6.45, 7) is 2.05. The second-order valence-corrected chi connectivity index (χ2v) is 9.19. The molecule has 142 valence electrons. The largest absolute Gasteiger partial charge is 0.325 e. The van der Waals surface area contributed by atoms with Crippen LogP contribution >= 0.6 is 11.6 Å². The first kappa shape index (κ1) is 18.3. The normalized spacial score (nSPS) is 17.3. The van der Waals surface area contributed by atoms with Crippen LogP contribution in [0, 0.1) is 0 Å². The molecule has 1 aliphatic heterocycles. The predicted octanol–water partition coefficient (Wildman–Crippen LogP) is 3.86. The Morgan fingerprint density at radius 3 is 2.67 bits per heavy atom. The number of nitrogens with one attached hydrogen (secondary N) is 2. The monoisotopic (exact) mass is 405 g/mol. The van der Waals surface area contributed by atoms with Crippen LogP contribution in [0.3, 0.4) is 0 Å². The minimum Gasteiger partial charge on any atom is -0.325 e. The van der Waals surface area contributed by atoms with Gasteiger partial charge in [0.05, 0.1) is 5.41 Å². The number of aryl methyl sites for hydroxylation is 1. The molecule has 2 aromatic rings. The van der Waals surface area contributed by atoms with E-state index in [1.54, 1.807) is 12.1 Å². The van der Waals surface area contributed by atoms with E-state index in [9.17, 15) is 13.2 Å². The maximum Gasteiger partial charge on any atom is 0.263 e. The lowest BCUT2D eigenvalue weighted by Crippen LogP contribution is -2.40. The number of rotatable bonds is 5. The van der Waals surface area contributed by atoms with Crippen LogP contribution in [0.25, 0.3) is 0 Å². The Balaban J connectivity index is 1.75. The van der Waals surface area contributed by atoms with Crippen LogP contribution in [0.4, 0.5) is 11.4 Å². The van der Waals surface area contributed by atoms with E-state index in [-0.39, 0.29) is 16.0 Å². The summed E-state index contributed by atoms with van der Waals surface area (Å²) >= 11 is 5.74. The van der Waals surface area contributed by atoms with Crippen LogP contribution in [0.5, 0.6) is 0 Å². The van der Waals surface area contributed by atoms with Crippen molar-refractivity contribution in [1.82, 2.24) is 4.98 Å². The summed E-state index contributed by atoms with van der Waals surface area (Å²) in [5.74, 6) is 0.0306. The maximum absolute atomic E-state index is 12.7. The van der Waals surface area contributed by atoms with Crippen molar-refractivity contribution >= 4 is 38.9 Å². The first-order valence-electron chi connectivity index (χ1n) is 8.99. The van der Waals surface area contributed by atoms with Crippen molar-refractivity contribution in [2.75, 3.05) is 10.0 Å². The predicted molar refractivity (Wildman–Crippen MR) is 105 cm³/mol. The van der Waals surface area contributed by atoms with Crippen LogP contribution in [0.1, 0.15) is 43.7 Å². The van der Waals surface area contributed by atoms with E-state index in [1.165, 1.54) is 18.3 Å². The number of anilines is 2. The van der Waals surface area contributed by atoms with Crippen LogP contribution in [0.15, 0.2) is 35.4 Å². The third-order valence-corrected chi connectivity index (χ3v) is 6.99. The van der Waals surface area contributed by atoms with E-state index < -0.39 is 15.4 Å². The molecular weight excluding hydrogens is 386 g/mol. The zero-order valence-corrected chi connectivity index (χ0v) is 16.5. The molecule has 2 N–H and O–H groups in total. The number of hydrogen-bond donors (Lipinski definition) is 2. The Labute approximate surface area is 163 Å². The molecule has 1 aliphatic carbocycles. The van der Waals surface area contributed by atoms with E-state index in [0.29, 0.717) is 5.69 Å². The lowest BCUT2D eigenvalue weighted by atomic mass is 9.65. The number of amides is 1. The van der Waals surface area contributed by atoms with Crippen molar-refractivity contribution in [3.8, 4) is 0 Å². The van der Waals surface area contributed by atoms with Gasteiger partial charge in [-0.05, 0) is 54.7 Å². The third-order valence-electron chi connectivity index (χ3n) is 5.40. The van der Waals surface area contributed by atoms with Gasteiger partial charge in [-0.2, -0.15) is 0 Å². The SMILES string of the molecule is CCCc1cc(NS(=O)(=O)c2ccc(Cl)nc2)cc2c1NC(=O)C21CCC1. The van der Waals surface area contributed by atoms with Crippen LogP contribution in [-0.4, -0.2) is 19.3 Å². The van der Waals surface area contributed by atoms with Crippen molar-refractivity contribution in [3.63, 3.8) is 0 Å². The lowest BCUT2D eigenvalue weighted by Gasteiger charge is -2.36. The summed E-state index contributed by atoms with van der Waals surface area (Å²) in [6.07, 6.45) is 5.48. The minimum atomic E-state index is -3.80. The fourth-order valence-corrected chi connectivity index (χ4v) is 4.97. The second kappa shape index (κ2) is 6.49. The van der Waals surface area contributed by atoms with Gasteiger partial charge in [0.25, 0.3) is 10.0 Å².